The molecule has 27 heavy (non-hydrogen) atoms. The summed E-state index contributed by atoms with van der Waals surface area (Å²) in [5, 5.41) is 0.00360. The number of halogens is 1. The number of carbonyl (C=O) groups excluding carboxylic acids is 2. The van der Waals surface area contributed by atoms with Gasteiger partial charge in [-0.05, 0) is 43.3 Å². The van der Waals surface area contributed by atoms with Crippen LogP contribution in [0.15, 0.2) is 46.8 Å². The van der Waals surface area contributed by atoms with Gasteiger partial charge in [-0.15, -0.1) is 11.3 Å². The Kier molecular flexibility index (Phi) is 5.08. The Morgan fingerprint density at radius 2 is 2.15 bits per heavy atom. The Bertz CT molecular complexity index is 1040. The van der Waals surface area contributed by atoms with Crippen molar-refractivity contribution < 1.29 is 14.3 Å². The van der Waals surface area contributed by atoms with Gasteiger partial charge in [0.2, 0.25) is 11.8 Å². The first-order valence-corrected chi connectivity index (χ1v) is 10.4. The number of ether oxygens (including phenoxy) is 1. The van der Waals surface area contributed by atoms with Crippen molar-refractivity contribution in [3.63, 3.8) is 0 Å². The van der Waals surface area contributed by atoms with E-state index in [9.17, 15) is 9.59 Å². The van der Waals surface area contributed by atoms with Crippen molar-refractivity contribution in [1.82, 2.24) is 4.98 Å². The normalized spacial score (nSPS) is 17.1. The molecule has 0 saturated carbocycles. The van der Waals surface area contributed by atoms with Gasteiger partial charge < -0.3 is 4.74 Å². The zero-order valence-corrected chi connectivity index (χ0v) is 16.7. The van der Waals surface area contributed by atoms with Crippen LogP contribution in [0.3, 0.4) is 0 Å². The first-order chi connectivity index (χ1) is 13.0. The van der Waals surface area contributed by atoms with E-state index in [1.165, 1.54) is 28.0 Å². The first kappa shape index (κ1) is 18.3. The Hall–Kier alpha value is -2.09. The number of thiazole rings is 1. The molecule has 4 rings (SSSR count). The summed E-state index contributed by atoms with van der Waals surface area (Å²) in [5.41, 5.74) is 1.36. The van der Waals surface area contributed by atoms with Gasteiger partial charge in [-0.3, -0.25) is 9.59 Å². The van der Waals surface area contributed by atoms with Gasteiger partial charge in [-0.1, -0.05) is 29.4 Å². The molecule has 0 N–H and O–H groups in total. The molecule has 0 spiro atoms. The lowest BCUT2D eigenvalue weighted by molar-refractivity contribution is -0.121. The zero-order chi connectivity index (χ0) is 19.0. The molecule has 5 nitrogen and oxygen atoms in total. The molecule has 1 atom stereocenters. The number of anilines is 1. The maximum absolute atomic E-state index is 12.8. The SMILES string of the molecule is CCOc1ccc2nc(S[C@@H]3CC(=O)N(c4cccc(Cl)c4)C3=O)sc2c1. The number of imide groups is 1. The van der Waals surface area contributed by atoms with E-state index >= 15 is 0 Å². The average Bonchev–Trinajstić information content (AvgIpc) is 3.15. The van der Waals surface area contributed by atoms with Crippen molar-refractivity contribution in [2.24, 2.45) is 0 Å². The number of carbonyl (C=O) groups is 2. The number of nitrogens with zero attached hydrogens (tertiary/aromatic N) is 2. The van der Waals surface area contributed by atoms with Crippen molar-refractivity contribution in [2.45, 2.75) is 22.9 Å². The average molecular weight is 419 g/mol. The molecule has 1 aliphatic rings. The maximum atomic E-state index is 12.8. The summed E-state index contributed by atoms with van der Waals surface area (Å²) >= 11 is 8.82. The fraction of sp³-hybridized carbons (Fsp3) is 0.211. The second-order valence-electron chi connectivity index (χ2n) is 5.90. The molecule has 1 fully saturated rings. The summed E-state index contributed by atoms with van der Waals surface area (Å²) in [4.78, 5) is 31.0. The number of amides is 2. The second kappa shape index (κ2) is 7.50. The van der Waals surface area contributed by atoms with E-state index in [2.05, 4.69) is 4.98 Å². The summed E-state index contributed by atoms with van der Waals surface area (Å²) in [6.07, 6.45) is 0.149. The third kappa shape index (κ3) is 3.67. The van der Waals surface area contributed by atoms with Crippen molar-refractivity contribution in [1.29, 1.82) is 0 Å². The fourth-order valence-electron chi connectivity index (χ4n) is 2.89. The largest absolute Gasteiger partial charge is 0.494 e. The van der Waals surface area contributed by atoms with Gasteiger partial charge in [0.25, 0.3) is 0 Å². The number of hydrogen-bond acceptors (Lipinski definition) is 6. The summed E-state index contributed by atoms with van der Waals surface area (Å²) < 4.78 is 7.27. The van der Waals surface area contributed by atoms with Gasteiger partial charge in [-0.2, -0.15) is 0 Å². The quantitative estimate of drug-likeness (QED) is 0.558. The van der Waals surface area contributed by atoms with E-state index < -0.39 is 5.25 Å². The van der Waals surface area contributed by atoms with E-state index in [-0.39, 0.29) is 18.2 Å². The van der Waals surface area contributed by atoms with Crippen molar-refractivity contribution >= 4 is 62.4 Å². The smallest absolute Gasteiger partial charge is 0.247 e. The molecule has 1 saturated heterocycles. The zero-order valence-electron chi connectivity index (χ0n) is 14.3. The number of benzene rings is 2. The van der Waals surface area contributed by atoms with Gasteiger partial charge in [0.1, 0.15) is 11.0 Å². The minimum absolute atomic E-state index is 0.149. The minimum Gasteiger partial charge on any atom is -0.494 e. The van der Waals surface area contributed by atoms with Crippen LogP contribution in [0.1, 0.15) is 13.3 Å². The van der Waals surface area contributed by atoms with Crippen LogP contribution in [-0.2, 0) is 9.59 Å². The minimum atomic E-state index is -0.483. The lowest BCUT2D eigenvalue weighted by Crippen LogP contribution is -2.31. The van der Waals surface area contributed by atoms with E-state index in [4.69, 9.17) is 16.3 Å². The monoisotopic (exact) mass is 418 g/mol. The Balaban J connectivity index is 1.55. The fourth-order valence-corrected chi connectivity index (χ4v) is 5.44. The maximum Gasteiger partial charge on any atom is 0.247 e. The standard InChI is InChI=1S/C19H15ClN2O3S2/c1-2-25-13-6-7-14-15(9-13)26-19(21-14)27-16-10-17(23)22(18(16)24)12-5-3-4-11(20)8-12/h3-9,16H,2,10H2,1H3/t16-/m1/s1. The molecule has 1 aliphatic heterocycles. The molecule has 0 bridgehead atoms. The van der Waals surface area contributed by atoms with Crippen LogP contribution < -0.4 is 9.64 Å². The second-order valence-corrected chi connectivity index (χ2v) is 8.82. The highest BCUT2D eigenvalue weighted by atomic mass is 35.5. The predicted octanol–water partition coefficient (Wildman–Crippen LogP) is 4.77. The van der Waals surface area contributed by atoms with Crippen LogP contribution in [0, 0.1) is 0 Å². The molecule has 2 amide bonds. The summed E-state index contributed by atoms with van der Waals surface area (Å²) in [6.45, 7) is 2.54. The van der Waals surface area contributed by atoms with Gasteiger partial charge in [0, 0.05) is 11.4 Å². The molecule has 0 aliphatic carbocycles. The first-order valence-electron chi connectivity index (χ1n) is 8.37. The number of aromatic nitrogens is 1. The number of fused-ring (bicyclic) bond motifs is 1. The lowest BCUT2D eigenvalue weighted by Gasteiger charge is -2.14. The highest BCUT2D eigenvalue weighted by Gasteiger charge is 2.40. The van der Waals surface area contributed by atoms with E-state index in [1.807, 2.05) is 25.1 Å². The molecule has 138 valence electrons. The van der Waals surface area contributed by atoms with E-state index in [1.54, 1.807) is 24.3 Å². The molecule has 0 unspecified atom stereocenters. The Labute approximate surface area is 169 Å². The summed E-state index contributed by atoms with van der Waals surface area (Å²) in [7, 11) is 0. The van der Waals surface area contributed by atoms with Crippen LogP contribution in [0.25, 0.3) is 10.2 Å². The van der Waals surface area contributed by atoms with Crippen LogP contribution in [0.5, 0.6) is 5.75 Å². The molecule has 2 heterocycles. The third-order valence-corrected chi connectivity index (χ3v) is 6.60. The lowest BCUT2D eigenvalue weighted by atomic mass is 10.3. The summed E-state index contributed by atoms with van der Waals surface area (Å²) in [6, 6.07) is 12.5. The van der Waals surface area contributed by atoms with Crippen LogP contribution >= 0.6 is 34.7 Å². The van der Waals surface area contributed by atoms with Gasteiger partial charge in [0.15, 0.2) is 4.34 Å². The topological polar surface area (TPSA) is 59.5 Å². The molecule has 0 radical (unpaired) electrons. The Morgan fingerprint density at radius 1 is 1.30 bits per heavy atom. The highest BCUT2D eigenvalue weighted by Crippen LogP contribution is 2.38. The third-order valence-electron chi connectivity index (χ3n) is 4.07. The molecular weight excluding hydrogens is 404 g/mol. The number of hydrogen-bond donors (Lipinski definition) is 0. The highest BCUT2D eigenvalue weighted by molar-refractivity contribution is 8.02. The van der Waals surface area contributed by atoms with Crippen LogP contribution in [-0.4, -0.2) is 28.7 Å². The van der Waals surface area contributed by atoms with Crippen molar-refractivity contribution in [3.8, 4) is 5.75 Å². The van der Waals surface area contributed by atoms with Gasteiger partial charge in [-0.25, -0.2) is 9.88 Å². The van der Waals surface area contributed by atoms with Crippen molar-refractivity contribution in [3.05, 3.63) is 47.5 Å². The van der Waals surface area contributed by atoms with Crippen LogP contribution in [0.4, 0.5) is 5.69 Å². The van der Waals surface area contributed by atoms with Crippen LogP contribution in [0.2, 0.25) is 5.02 Å². The van der Waals surface area contributed by atoms with E-state index in [0.29, 0.717) is 17.3 Å². The van der Waals surface area contributed by atoms with E-state index in [0.717, 1.165) is 20.3 Å². The number of thioether (sulfide) groups is 1. The van der Waals surface area contributed by atoms with Gasteiger partial charge >= 0.3 is 0 Å². The predicted molar refractivity (Wildman–Crippen MR) is 109 cm³/mol. The molecule has 3 aromatic rings. The Morgan fingerprint density at radius 3 is 2.93 bits per heavy atom. The summed E-state index contributed by atoms with van der Waals surface area (Å²) in [5.74, 6) is 0.338. The number of rotatable bonds is 5. The molecule has 1 aromatic heterocycles. The van der Waals surface area contributed by atoms with Crippen molar-refractivity contribution in [2.75, 3.05) is 11.5 Å². The van der Waals surface area contributed by atoms with Gasteiger partial charge in [0.05, 0.1) is 22.5 Å². The molecule has 2 aromatic carbocycles. The molecule has 8 heteroatoms. The molecular formula is C19H15ClN2O3S2.